The lowest BCUT2D eigenvalue weighted by Crippen LogP contribution is -2.10. The lowest BCUT2D eigenvalue weighted by Gasteiger charge is -2.19. The Hall–Kier alpha value is -2.22. The summed E-state index contributed by atoms with van der Waals surface area (Å²) in [6, 6.07) is 8.58. The summed E-state index contributed by atoms with van der Waals surface area (Å²) in [5.41, 5.74) is 5.02. The number of hydrogen-bond donors (Lipinski definition) is 0. The molecule has 0 bridgehead atoms. The molecule has 0 aliphatic carbocycles. The molecule has 25 heavy (non-hydrogen) atoms. The molecule has 0 N–H and O–H groups in total. The molecule has 0 saturated heterocycles. The van der Waals surface area contributed by atoms with Crippen LogP contribution in [0.3, 0.4) is 0 Å². The molecule has 0 heterocycles. The second kappa shape index (κ2) is 9.93. The Labute approximate surface area is 153 Å². The van der Waals surface area contributed by atoms with Gasteiger partial charge in [-0.1, -0.05) is 68.8 Å². The van der Waals surface area contributed by atoms with Crippen LogP contribution in [0.2, 0.25) is 0 Å². The zero-order chi connectivity index (χ0) is 18.9. The van der Waals surface area contributed by atoms with E-state index in [-0.39, 0.29) is 5.41 Å². The SMILES string of the molecule is C\C=C(C=C(C)C)/C=C\C(=C\OC)OCc1ccc(C(C)(C)C)cc1. The first-order chi connectivity index (χ1) is 11.8. The zero-order valence-corrected chi connectivity index (χ0v) is 16.7. The van der Waals surface area contributed by atoms with Gasteiger partial charge in [0.2, 0.25) is 0 Å². The highest BCUT2D eigenvalue weighted by Gasteiger charge is 2.12. The van der Waals surface area contributed by atoms with Crippen LogP contribution in [0.5, 0.6) is 0 Å². The molecule has 0 amide bonds. The van der Waals surface area contributed by atoms with Gasteiger partial charge in [-0.15, -0.1) is 0 Å². The summed E-state index contributed by atoms with van der Waals surface area (Å²) in [5.74, 6) is 0.698. The van der Waals surface area contributed by atoms with Crippen molar-refractivity contribution in [3.8, 4) is 0 Å². The highest BCUT2D eigenvalue weighted by atomic mass is 16.5. The van der Waals surface area contributed by atoms with Crippen molar-refractivity contribution in [2.45, 2.75) is 53.6 Å². The minimum absolute atomic E-state index is 0.164. The molecule has 2 heteroatoms. The Morgan fingerprint density at radius 3 is 2.16 bits per heavy atom. The van der Waals surface area contributed by atoms with Gasteiger partial charge in [0, 0.05) is 0 Å². The maximum Gasteiger partial charge on any atom is 0.154 e. The maximum atomic E-state index is 5.90. The predicted octanol–water partition coefficient (Wildman–Crippen LogP) is 6.46. The number of benzene rings is 1. The van der Waals surface area contributed by atoms with Gasteiger partial charge in [0.15, 0.2) is 5.76 Å². The molecule has 0 aliphatic rings. The van der Waals surface area contributed by atoms with E-state index in [1.54, 1.807) is 13.4 Å². The quantitative estimate of drug-likeness (QED) is 0.419. The van der Waals surface area contributed by atoms with Gasteiger partial charge in [-0.3, -0.25) is 0 Å². The molecule has 0 aromatic heterocycles. The average Bonchev–Trinajstić information content (AvgIpc) is 2.55. The van der Waals surface area contributed by atoms with Crippen LogP contribution in [-0.2, 0) is 21.5 Å². The smallest absolute Gasteiger partial charge is 0.154 e. The normalized spacial score (nSPS) is 13.1. The Kier molecular flexibility index (Phi) is 8.27. The third-order valence-corrected chi connectivity index (χ3v) is 3.69. The van der Waals surface area contributed by atoms with Crippen molar-refractivity contribution in [2.75, 3.05) is 7.11 Å². The van der Waals surface area contributed by atoms with Crippen molar-refractivity contribution >= 4 is 0 Å². The van der Waals surface area contributed by atoms with Crippen LogP contribution < -0.4 is 0 Å². The van der Waals surface area contributed by atoms with Crippen LogP contribution in [0.4, 0.5) is 0 Å². The van der Waals surface area contributed by atoms with Crippen LogP contribution in [0.25, 0.3) is 0 Å². The number of rotatable bonds is 7. The lowest BCUT2D eigenvalue weighted by molar-refractivity contribution is 0.192. The molecule has 2 nitrogen and oxygen atoms in total. The first kappa shape index (κ1) is 20.8. The summed E-state index contributed by atoms with van der Waals surface area (Å²) in [7, 11) is 1.63. The first-order valence-electron chi connectivity index (χ1n) is 8.70. The molecule has 0 atom stereocenters. The van der Waals surface area contributed by atoms with E-state index in [4.69, 9.17) is 9.47 Å². The van der Waals surface area contributed by atoms with Gasteiger partial charge in [-0.25, -0.2) is 0 Å². The van der Waals surface area contributed by atoms with Gasteiger partial charge in [-0.2, -0.15) is 0 Å². The summed E-state index contributed by atoms with van der Waals surface area (Å²) >= 11 is 0. The van der Waals surface area contributed by atoms with E-state index in [0.29, 0.717) is 12.4 Å². The summed E-state index contributed by atoms with van der Waals surface area (Å²) in [6.07, 6.45) is 9.78. The summed E-state index contributed by atoms with van der Waals surface area (Å²) in [5, 5.41) is 0. The minimum atomic E-state index is 0.164. The van der Waals surface area contributed by atoms with E-state index in [9.17, 15) is 0 Å². The molecule has 1 rings (SSSR count). The van der Waals surface area contributed by atoms with Crippen molar-refractivity contribution in [3.05, 3.63) is 82.9 Å². The van der Waals surface area contributed by atoms with Crippen LogP contribution in [0.1, 0.15) is 52.7 Å². The second-order valence-electron chi connectivity index (χ2n) is 7.34. The van der Waals surface area contributed by atoms with Crippen LogP contribution in [-0.4, -0.2) is 7.11 Å². The third-order valence-electron chi connectivity index (χ3n) is 3.69. The molecule has 1 aromatic rings. The van der Waals surface area contributed by atoms with Crippen LogP contribution in [0, 0.1) is 0 Å². The fourth-order valence-corrected chi connectivity index (χ4v) is 2.24. The number of methoxy groups -OCH3 is 1. The number of hydrogen-bond acceptors (Lipinski definition) is 2. The Balaban J connectivity index is 2.77. The van der Waals surface area contributed by atoms with Gasteiger partial charge in [0.25, 0.3) is 0 Å². The minimum Gasteiger partial charge on any atom is -0.501 e. The van der Waals surface area contributed by atoms with E-state index in [0.717, 1.165) is 11.1 Å². The van der Waals surface area contributed by atoms with E-state index in [1.165, 1.54) is 11.1 Å². The molecular weight excluding hydrogens is 308 g/mol. The first-order valence-corrected chi connectivity index (χ1v) is 8.70. The third kappa shape index (κ3) is 7.93. The Morgan fingerprint density at radius 2 is 1.68 bits per heavy atom. The molecule has 0 saturated carbocycles. The van der Waals surface area contributed by atoms with Crippen molar-refractivity contribution < 1.29 is 9.47 Å². The number of allylic oxidation sites excluding steroid dienone is 6. The summed E-state index contributed by atoms with van der Waals surface area (Å²) < 4.78 is 11.0. The summed E-state index contributed by atoms with van der Waals surface area (Å²) in [6.45, 7) is 13.4. The largest absolute Gasteiger partial charge is 0.501 e. The monoisotopic (exact) mass is 340 g/mol. The van der Waals surface area contributed by atoms with E-state index >= 15 is 0 Å². The van der Waals surface area contributed by atoms with Gasteiger partial charge < -0.3 is 9.47 Å². The Bertz CT molecular complexity index is 646. The van der Waals surface area contributed by atoms with Crippen LogP contribution >= 0.6 is 0 Å². The van der Waals surface area contributed by atoms with Gasteiger partial charge in [0.05, 0.1) is 7.11 Å². The lowest BCUT2D eigenvalue weighted by atomic mass is 9.87. The van der Waals surface area contributed by atoms with E-state index in [2.05, 4.69) is 71.0 Å². The average molecular weight is 341 g/mol. The molecule has 136 valence electrons. The van der Waals surface area contributed by atoms with E-state index < -0.39 is 0 Å². The second-order valence-corrected chi connectivity index (χ2v) is 7.34. The maximum absolute atomic E-state index is 5.90. The zero-order valence-electron chi connectivity index (χ0n) is 16.7. The molecule has 0 fully saturated rings. The van der Waals surface area contributed by atoms with Crippen molar-refractivity contribution in [1.82, 2.24) is 0 Å². The fraction of sp³-hybridized carbons (Fsp3) is 0.391. The van der Waals surface area contributed by atoms with Crippen molar-refractivity contribution in [3.63, 3.8) is 0 Å². The highest BCUT2D eigenvalue weighted by Crippen LogP contribution is 2.22. The molecular formula is C23H32O2. The Morgan fingerprint density at radius 1 is 1.04 bits per heavy atom. The molecule has 0 radical (unpaired) electrons. The van der Waals surface area contributed by atoms with Gasteiger partial charge in [0.1, 0.15) is 12.9 Å². The van der Waals surface area contributed by atoms with Gasteiger partial charge in [-0.05, 0) is 49.0 Å². The number of ether oxygens (including phenoxy) is 2. The predicted molar refractivity (Wildman–Crippen MR) is 107 cm³/mol. The van der Waals surface area contributed by atoms with Crippen LogP contribution in [0.15, 0.2) is 71.7 Å². The topological polar surface area (TPSA) is 18.5 Å². The molecule has 1 aromatic carbocycles. The molecule has 0 spiro atoms. The van der Waals surface area contributed by atoms with Gasteiger partial charge >= 0.3 is 0 Å². The molecule has 0 unspecified atom stereocenters. The van der Waals surface area contributed by atoms with Crippen molar-refractivity contribution in [1.29, 1.82) is 0 Å². The highest BCUT2D eigenvalue weighted by molar-refractivity contribution is 5.34. The molecule has 0 aliphatic heterocycles. The summed E-state index contributed by atoms with van der Waals surface area (Å²) in [4.78, 5) is 0. The van der Waals surface area contributed by atoms with E-state index in [1.807, 2.05) is 19.1 Å². The van der Waals surface area contributed by atoms with Crippen molar-refractivity contribution in [2.24, 2.45) is 0 Å². The fourth-order valence-electron chi connectivity index (χ4n) is 2.24. The standard InChI is InChI=1S/C23H32O2/c1-8-19(15-18(2)3)11-14-22(17-24-7)25-16-20-9-12-21(13-10-20)23(4,5)6/h8-15,17H,16H2,1-7H3/b14-11-,19-8+,22-17-.